The van der Waals surface area contributed by atoms with Gasteiger partial charge in [0.15, 0.2) is 0 Å². The van der Waals surface area contributed by atoms with Crippen LogP contribution in [0.3, 0.4) is 0 Å². The quantitative estimate of drug-likeness (QED) is 0.797. The Labute approximate surface area is 135 Å². The van der Waals surface area contributed by atoms with Crippen molar-refractivity contribution in [2.75, 3.05) is 13.2 Å². The molecule has 1 aromatic heterocycles. The van der Waals surface area contributed by atoms with Crippen LogP contribution in [0.4, 0.5) is 0 Å². The van der Waals surface area contributed by atoms with Gasteiger partial charge in [-0.3, -0.25) is 9.36 Å². The highest BCUT2D eigenvalue weighted by Crippen LogP contribution is 2.20. The number of nitrogens with zero attached hydrogens (tertiary/aromatic N) is 3. The van der Waals surface area contributed by atoms with Crippen molar-refractivity contribution in [2.45, 2.75) is 38.2 Å². The van der Waals surface area contributed by atoms with Crippen molar-refractivity contribution in [2.24, 2.45) is 0 Å². The normalized spacial score (nSPS) is 15.0. The van der Waals surface area contributed by atoms with Crippen molar-refractivity contribution in [1.29, 1.82) is 0 Å². The number of carbonyl (C=O) groups is 1. The largest absolute Gasteiger partial charge is 0.378 e. The molecular weight excluding hydrogens is 292 g/mol. The van der Waals surface area contributed by atoms with Crippen LogP contribution >= 0.6 is 0 Å². The number of nitrogens with one attached hydrogen (secondary N) is 1. The molecule has 2 aromatic rings. The molecule has 0 aliphatic heterocycles. The van der Waals surface area contributed by atoms with Crippen molar-refractivity contribution in [3.8, 4) is 5.69 Å². The van der Waals surface area contributed by atoms with Gasteiger partial charge in [0.2, 0.25) is 0 Å². The van der Waals surface area contributed by atoms with Gasteiger partial charge in [-0.25, -0.2) is 0 Å². The topological polar surface area (TPSA) is 69.0 Å². The first-order valence-corrected chi connectivity index (χ1v) is 8.18. The van der Waals surface area contributed by atoms with E-state index in [0.29, 0.717) is 18.2 Å². The molecule has 0 saturated heterocycles. The van der Waals surface area contributed by atoms with E-state index in [-0.39, 0.29) is 5.91 Å². The second-order valence-corrected chi connectivity index (χ2v) is 5.80. The number of aromatic nitrogens is 3. The van der Waals surface area contributed by atoms with Gasteiger partial charge in [0.1, 0.15) is 12.7 Å². The third-order valence-electron chi connectivity index (χ3n) is 4.11. The number of benzene rings is 1. The van der Waals surface area contributed by atoms with Crippen molar-refractivity contribution in [3.63, 3.8) is 0 Å². The van der Waals surface area contributed by atoms with Crippen molar-refractivity contribution < 1.29 is 9.53 Å². The first-order chi connectivity index (χ1) is 11.3. The van der Waals surface area contributed by atoms with E-state index in [4.69, 9.17) is 4.74 Å². The molecule has 1 amide bonds. The number of ether oxygens (including phenoxy) is 1. The minimum absolute atomic E-state index is 0.0545. The van der Waals surface area contributed by atoms with Crippen LogP contribution in [0.15, 0.2) is 36.9 Å². The predicted molar refractivity (Wildman–Crippen MR) is 86.5 cm³/mol. The smallest absolute Gasteiger partial charge is 0.251 e. The van der Waals surface area contributed by atoms with E-state index in [1.54, 1.807) is 29.4 Å². The molecule has 6 nitrogen and oxygen atoms in total. The number of hydrogen-bond acceptors (Lipinski definition) is 4. The third kappa shape index (κ3) is 4.39. The second-order valence-electron chi connectivity index (χ2n) is 5.80. The van der Waals surface area contributed by atoms with E-state index in [9.17, 15) is 4.79 Å². The Morgan fingerprint density at radius 3 is 2.57 bits per heavy atom. The SMILES string of the molecule is O=C(NCCCOC1CCCC1)c1ccc(-n2cnnc2)cc1. The highest BCUT2D eigenvalue weighted by atomic mass is 16.5. The molecule has 0 radical (unpaired) electrons. The van der Waals surface area contributed by atoms with Gasteiger partial charge in [-0.05, 0) is 43.5 Å². The summed E-state index contributed by atoms with van der Waals surface area (Å²) in [7, 11) is 0. The predicted octanol–water partition coefficient (Wildman–Crippen LogP) is 2.35. The fourth-order valence-electron chi connectivity index (χ4n) is 2.80. The molecule has 1 aromatic carbocycles. The van der Waals surface area contributed by atoms with E-state index >= 15 is 0 Å². The summed E-state index contributed by atoms with van der Waals surface area (Å²) in [5, 5.41) is 10.5. The number of hydrogen-bond donors (Lipinski definition) is 1. The van der Waals surface area contributed by atoms with Gasteiger partial charge in [0, 0.05) is 24.4 Å². The van der Waals surface area contributed by atoms with Crippen molar-refractivity contribution in [1.82, 2.24) is 20.1 Å². The van der Waals surface area contributed by atoms with Gasteiger partial charge in [-0.1, -0.05) is 12.8 Å². The molecular formula is C17H22N4O2. The Hall–Kier alpha value is -2.21. The fourth-order valence-corrected chi connectivity index (χ4v) is 2.80. The molecule has 23 heavy (non-hydrogen) atoms. The number of carbonyl (C=O) groups excluding carboxylic acids is 1. The summed E-state index contributed by atoms with van der Waals surface area (Å²) in [6.45, 7) is 1.36. The zero-order valence-electron chi connectivity index (χ0n) is 13.1. The molecule has 1 heterocycles. The lowest BCUT2D eigenvalue weighted by molar-refractivity contribution is 0.0565. The van der Waals surface area contributed by atoms with Crippen LogP contribution in [0.2, 0.25) is 0 Å². The molecule has 1 N–H and O–H groups in total. The van der Waals surface area contributed by atoms with E-state index in [2.05, 4.69) is 15.5 Å². The lowest BCUT2D eigenvalue weighted by Gasteiger charge is -2.11. The van der Waals surface area contributed by atoms with Gasteiger partial charge >= 0.3 is 0 Å². The maximum Gasteiger partial charge on any atom is 0.251 e. The standard InChI is InChI=1S/C17H22N4O2/c22-17(18-10-3-11-23-16-4-1-2-5-16)14-6-8-15(9-7-14)21-12-19-20-13-21/h6-9,12-13,16H,1-5,10-11H2,(H,18,22). The van der Waals surface area contributed by atoms with Crippen LogP contribution in [-0.2, 0) is 4.74 Å². The summed E-state index contributed by atoms with van der Waals surface area (Å²) in [6, 6.07) is 7.36. The average molecular weight is 314 g/mol. The van der Waals surface area contributed by atoms with Gasteiger partial charge < -0.3 is 10.1 Å². The summed E-state index contributed by atoms with van der Waals surface area (Å²) in [4.78, 5) is 12.1. The minimum Gasteiger partial charge on any atom is -0.378 e. The van der Waals surface area contributed by atoms with Gasteiger partial charge in [0.25, 0.3) is 5.91 Å². The highest BCUT2D eigenvalue weighted by molar-refractivity contribution is 5.94. The molecule has 1 aliphatic carbocycles. The van der Waals surface area contributed by atoms with Crippen molar-refractivity contribution in [3.05, 3.63) is 42.5 Å². The van der Waals surface area contributed by atoms with Gasteiger partial charge in [-0.2, -0.15) is 0 Å². The zero-order chi connectivity index (χ0) is 15.9. The molecule has 122 valence electrons. The molecule has 1 saturated carbocycles. The average Bonchev–Trinajstić information content (AvgIpc) is 3.28. The monoisotopic (exact) mass is 314 g/mol. The summed E-state index contributed by atoms with van der Waals surface area (Å²) in [5.41, 5.74) is 1.58. The first-order valence-electron chi connectivity index (χ1n) is 8.18. The minimum atomic E-state index is -0.0545. The third-order valence-corrected chi connectivity index (χ3v) is 4.11. The summed E-state index contributed by atoms with van der Waals surface area (Å²) in [5.74, 6) is -0.0545. The second kappa shape index (κ2) is 7.87. The van der Waals surface area contributed by atoms with Crippen LogP contribution in [0.25, 0.3) is 5.69 Å². The van der Waals surface area contributed by atoms with E-state index in [1.165, 1.54) is 25.7 Å². The number of amides is 1. The zero-order valence-corrected chi connectivity index (χ0v) is 13.1. The van der Waals surface area contributed by atoms with Crippen LogP contribution in [0.1, 0.15) is 42.5 Å². The Bertz CT molecular complexity index is 604. The van der Waals surface area contributed by atoms with Gasteiger partial charge in [-0.15, -0.1) is 10.2 Å². The maximum absolute atomic E-state index is 12.1. The molecule has 1 aliphatic rings. The van der Waals surface area contributed by atoms with Crippen LogP contribution in [0, 0.1) is 0 Å². The Morgan fingerprint density at radius 2 is 1.87 bits per heavy atom. The van der Waals surface area contributed by atoms with E-state index in [1.807, 2.05) is 12.1 Å². The Balaban J connectivity index is 1.39. The van der Waals surface area contributed by atoms with E-state index in [0.717, 1.165) is 18.7 Å². The molecule has 0 bridgehead atoms. The fraction of sp³-hybridized carbons (Fsp3) is 0.471. The summed E-state index contributed by atoms with van der Waals surface area (Å²) < 4.78 is 7.58. The van der Waals surface area contributed by atoms with Crippen molar-refractivity contribution >= 4 is 5.91 Å². The Morgan fingerprint density at radius 1 is 1.17 bits per heavy atom. The lowest BCUT2D eigenvalue weighted by Crippen LogP contribution is -2.25. The molecule has 6 heteroatoms. The molecule has 0 atom stereocenters. The molecule has 0 unspecified atom stereocenters. The highest BCUT2D eigenvalue weighted by Gasteiger charge is 2.14. The summed E-state index contributed by atoms with van der Waals surface area (Å²) >= 11 is 0. The van der Waals surface area contributed by atoms with E-state index < -0.39 is 0 Å². The maximum atomic E-state index is 12.1. The van der Waals surface area contributed by atoms with Crippen LogP contribution < -0.4 is 5.32 Å². The van der Waals surface area contributed by atoms with Gasteiger partial charge in [0.05, 0.1) is 6.10 Å². The number of rotatable bonds is 7. The molecule has 0 spiro atoms. The summed E-state index contributed by atoms with van der Waals surface area (Å²) in [6.07, 6.45) is 9.48. The van der Waals surface area contributed by atoms with Crippen LogP contribution in [-0.4, -0.2) is 39.9 Å². The first kappa shape index (κ1) is 15.7. The molecule has 3 rings (SSSR count). The Kier molecular flexibility index (Phi) is 5.37. The van der Waals surface area contributed by atoms with Crippen LogP contribution in [0.5, 0.6) is 0 Å². The lowest BCUT2D eigenvalue weighted by atomic mass is 10.2. The molecule has 1 fully saturated rings.